The Morgan fingerprint density at radius 2 is 1.56 bits per heavy atom. The van der Waals surface area contributed by atoms with Crippen LogP contribution in [-0.4, -0.2) is 104 Å². The molecule has 0 N–H and O–H groups in total. The van der Waals surface area contributed by atoms with Crippen LogP contribution in [0.15, 0.2) is 54.6 Å². The third-order valence-electron chi connectivity index (χ3n) is 7.32. The van der Waals surface area contributed by atoms with Crippen LogP contribution in [0.1, 0.15) is 35.2 Å². The van der Waals surface area contributed by atoms with Crippen molar-refractivity contribution in [3.63, 3.8) is 0 Å². The van der Waals surface area contributed by atoms with E-state index in [9.17, 15) is 9.59 Å². The number of carbonyl (C=O) groups is 2. The fourth-order valence-corrected chi connectivity index (χ4v) is 5.01. The third-order valence-corrected chi connectivity index (χ3v) is 7.32. The molecular weight excluding hydrogens is 452 g/mol. The monoisotopic (exact) mass is 492 g/mol. The van der Waals surface area contributed by atoms with Crippen molar-refractivity contribution in [2.75, 3.05) is 66.5 Å². The maximum absolute atomic E-state index is 13.7. The molecule has 0 aromatic heterocycles. The van der Waals surface area contributed by atoms with Gasteiger partial charge in [-0.15, -0.1) is 0 Å². The standard InChI is InChI=1S/C29H40N4O3/c1-30-17-19-32(20-18-30)22-28(34)33-16-10-4-9-15-31(2)29(35)26-13-7-8-14-27(26)36-23-25(33)21-24-11-5-3-6-12-24/h3,5-8,11-14,25H,4,9-10,15-23H2,1-2H3/t25-/m0/s1. The van der Waals surface area contributed by atoms with Crippen molar-refractivity contribution < 1.29 is 14.3 Å². The number of ether oxygens (including phenoxy) is 1. The smallest absolute Gasteiger partial charge is 0.257 e. The summed E-state index contributed by atoms with van der Waals surface area (Å²) in [7, 11) is 3.98. The summed E-state index contributed by atoms with van der Waals surface area (Å²) >= 11 is 0. The van der Waals surface area contributed by atoms with Gasteiger partial charge >= 0.3 is 0 Å². The zero-order valence-electron chi connectivity index (χ0n) is 21.8. The van der Waals surface area contributed by atoms with Gasteiger partial charge in [-0.2, -0.15) is 0 Å². The number of amides is 2. The van der Waals surface area contributed by atoms with Crippen LogP contribution in [0, 0.1) is 0 Å². The molecule has 7 nitrogen and oxygen atoms in total. The van der Waals surface area contributed by atoms with E-state index in [0.717, 1.165) is 45.4 Å². The SMILES string of the molecule is CN1CCN(CC(=O)N2CCCCCN(C)C(=O)c3ccccc3OC[C@@H]2Cc2ccccc2)CC1. The maximum Gasteiger partial charge on any atom is 0.257 e. The zero-order chi connectivity index (χ0) is 25.3. The van der Waals surface area contributed by atoms with Crippen molar-refractivity contribution in [3.8, 4) is 5.75 Å². The molecule has 4 rings (SSSR count). The molecule has 1 fully saturated rings. The van der Waals surface area contributed by atoms with Crippen LogP contribution in [0.25, 0.3) is 0 Å². The van der Waals surface area contributed by atoms with Gasteiger partial charge in [0.25, 0.3) is 5.91 Å². The lowest BCUT2D eigenvalue weighted by molar-refractivity contribution is -0.136. The zero-order valence-corrected chi connectivity index (χ0v) is 21.8. The third kappa shape index (κ3) is 7.08. The van der Waals surface area contributed by atoms with Crippen LogP contribution >= 0.6 is 0 Å². The van der Waals surface area contributed by atoms with Gasteiger partial charge in [0.1, 0.15) is 12.4 Å². The maximum atomic E-state index is 13.7. The largest absolute Gasteiger partial charge is 0.491 e. The molecule has 2 heterocycles. The number of nitrogens with zero attached hydrogens (tertiary/aromatic N) is 4. The number of likely N-dealkylation sites (N-methyl/N-ethyl adjacent to an activating group) is 1. The summed E-state index contributed by atoms with van der Waals surface area (Å²) in [5.41, 5.74) is 1.75. The van der Waals surface area contributed by atoms with E-state index in [2.05, 4.69) is 33.9 Å². The summed E-state index contributed by atoms with van der Waals surface area (Å²) in [6.07, 6.45) is 3.51. The Morgan fingerprint density at radius 1 is 0.861 bits per heavy atom. The lowest BCUT2D eigenvalue weighted by Crippen LogP contribution is -2.52. The molecular formula is C29H40N4O3. The number of fused-ring (bicyclic) bond motifs is 1. The van der Waals surface area contributed by atoms with E-state index < -0.39 is 0 Å². The van der Waals surface area contributed by atoms with Crippen molar-refractivity contribution in [3.05, 3.63) is 65.7 Å². The molecule has 194 valence electrons. The Balaban J connectivity index is 1.59. The molecule has 2 aromatic carbocycles. The van der Waals surface area contributed by atoms with Gasteiger partial charge in [-0.3, -0.25) is 14.5 Å². The second-order valence-electron chi connectivity index (χ2n) is 10.1. The van der Waals surface area contributed by atoms with E-state index in [1.54, 1.807) is 4.90 Å². The molecule has 0 aliphatic carbocycles. The van der Waals surface area contributed by atoms with Crippen LogP contribution in [0.2, 0.25) is 0 Å². The highest BCUT2D eigenvalue weighted by atomic mass is 16.5. The quantitative estimate of drug-likeness (QED) is 0.657. The lowest BCUT2D eigenvalue weighted by Gasteiger charge is -2.36. The van der Waals surface area contributed by atoms with Gasteiger partial charge in [0.15, 0.2) is 0 Å². The Morgan fingerprint density at radius 3 is 2.33 bits per heavy atom. The fraction of sp³-hybridized carbons (Fsp3) is 0.517. The molecule has 7 heteroatoms. The van der Waals surface area contributed by atoms with Gasteiger partial charge in [0.05, 0.1) is 18.2 Å². The fourth-order valence-electron chi connectivity index (χ4n) is 5.01. The number of carbonyl (C=O) groups excluding carboxylic acids is 2. The molecule has 0 bridgehead atoms. The van der Waals surface area contributed by atoms with Gasteiger partial charge in [-0.05, 0) is 50.4 Å². The average Bonchev–Trinajstić information content (AvgIpc) is 2.90. The molecule has 1 saturated heterocycles. The van der Waals surface area contributed by atoms with Crippen LogP contribution in [-0.2, 0) is 11.2 Å². The molecule has 0 spiro atoms. The summed E-state index contributed by atoms with van der Waals surface area (Å²) in [4.78, 5) is 35.2. The molecule has 0 unspecified atom stereocenters. The van der Waals surface area contributed by atoms with E-state index in [-0.39, 0.29) is 17.9 Å². The average molecular weight is 493 g/mol. The second kappa shape index (κ2) is 12.9. The highest BCUT2D eigenvalue weighted by molar-refractivity contribution is 5.96. The molecule has 2 aromatic rings. The van der Waals surface area contributed by atoms with Gasteiger partial charge < -0.3 is 19.4 Å². The highest BCUT2D eigenvalue weighted by Crippen LogP contribution is 2.22. The van der Waals surface area contributed by atoms with E-state index in [1.807, 2.05) is 49.5 Å². The first-order valence-electron chi connectivity index (χ1n) is 13.2. The lowest BCUT2D eigenvalue weighted by atomic mass is 10.0. The van der Waals surface area contributed by atoms with E-state index in [1.165, 1.54) is 5.56 Å². The number of para-hydroxylation sites is 1. The molecule has 36 heavy (non-hydrogen) atoms. The predicted octanol–water partition coefficient (Wildman–Crippen LogP) is 3.01. The van der Waals surface area contributed by atoms with Crippen LogP contribution in [0.4, 0.5) is 0 Å². The second-order valence-corrected chi connectivity index (χ2v) is 10.1. The Labute approximate surface area is 215 Å². The molecule has 2 amide bonds. The van der Waals surface area contributed by atoms with Gasteiger partial charge in [0, 0.05) is 46.3 Å². The van der Waals surface area contributed by atoms with E-state index >= 15 is 0 Å². The molecule has 2 aliphatic rings. The predicted molar refractivity (Wildman–Crippen MR) is 142 cm³/mol. The number of hydrogen-bond donors (Lipinski definition) is 0. The summed E-state index contributed by atoms with van der Waals surface area (Å²) in [5.74, 6) is 0.728. The van der Waals surface area contributed by atoms with E-state index in [4.69, 9.17) is 4.74 Å². The van der Waals surface area contributed by atoms with Gasteiger partial charge in [-0.25, -0.2) is 0 Å². The molecule has 0 saturated carbocycles. The normalized spacial score (nSPS) is 21.1. The number of hydrogen-bond acceptors (Lipinski definition) is 5. The molecule has 2 aliphatic heterocycles. The van der Waals surface area contributed by atoms with Gasteiger partial charge in [0.2, 0.25) is 5.91 Å². The molecule has 1 atom stereocenters. The van der Waals surface area contributed by atoms with Crippen LogP contribution in [0.3, 0.4) is 0 Å². The number of rotatable bonds is 4. The minimum atomic E-state index is -0.117. The molecule has 0 radical (unpaired) electrons. The summed E-state index contributed by atoms with van der Waals surface area (Å²) in [6.45, 7) is 5.98. The van der Waals surface area contributed by atoms with Crippen LogP contribution < -0.4 is 4.74 Å². The highest BCUT2D eigenvalue weighted by Gasteiger charge is 2.28. The summed E-state index contributed by atoms with van der Waals surface area (Å²) in [5, 5.41) is 0. The topological polar surface area (TPSA) is 56.3 Å². The minimum absolute atomic E-state index is 0.0209. The van der Waals surface area contributed by atoms with Crippen molar-refractivity contribution >= 4 is 11.8 Å². The van der Waals surface area contributed by atoms with Crippen molar-refractivity contribution in [2.24, 2.45) is 0 Å². The minimum Gasteiger partial charge on any atom is -0.491 e. The van der Waals surface area contributed by atoms with Crippen molar-refractivity contribution in [1.29, 1.82) is 0 Å². The summed E-state index contributed by atoms with van der Waals surface area (Å²) < 4.78 is 6.33. The van der Waals surface area contributed by atoms with Gasteiger partial charge in [-0.1, -0.05) is 42.5 Å². The first-order chi connectivity index (χ1) is 17.5. The van der Waals surface area contributed by atoms with Crippen molar-refractivity contribution in [2.45, 2.75) is 31.7 Å². The number of piperazine rings is 1. The first kappa shape index (κ1) is 26.2. The number of benzene rings is 2. The van der Waals surface area contributed by atoms with Crippen LogP contribution in [0.5, 0.6) is 5.75 Å². The summed E-state index contributed by atoms with van der Waals surface area (Å²) in [6, 6.07) is 17.6. The Hall–Kier alpha value is -2.90. The Kier molecular flexibility index (Phi) is 9.36. The Bertz CT molecular complexity index is 991. The van der Waals surface area contributed by atoms with E-state index in [0.29, 0.717) is 44.0 Å². The van der Waals surface area contributed by atoms with Crippen molar-refractivity contribution in [1.82, 2.24) is 19.6 Å². The first-order valence-corrected chi connectivity index (χ1v) is 13.2.